The Morgan fingerprint density at radius 3 is 2.12 bits per heavy atom. The zero-order valence-corrected chi connectivity index (χ0v) is 15.2. The van der Waals surface area contributed by atoms with Gasteiger partial charge in [-0.25, -0.2) is 9.97 Å². The number of aromatic nitrogens is 2. The third-order valence-corrected chi connectivity index (χ3v) is 4.00. The van der Waals surface area contributed by atoms with Crippen LogP contribution in [-0.2, 0) is 0 Å². The summed E-state index contributed by atoms with van der Waals surface area (Å²) in [5.74, 6) is 0.278. The third kappa shape index (κ3) is 4.58. The lowest BCUT2D eigenvalue weighted by Crippen LogP contribution is -2.27. The molecular weight excluding hydrogens is 347 g/mol. The van der Waals surface area contributed by atoms with E-state index in [9.17, 15) is 4.79 Å². The summed E-state index contributed by atoms with van der Waals surface area (Å²) >= 11 is 12.1. The van der Waals surface area contributed by atoms with Gasteiger partial charge < -0.3 is 10.2 Å². The van der Waals surface area contributed by atoms with Crippen LogP contribution in [0, 0.1) is 0 Å². The molecule has 1 amide bonds. The van der Waals surface area contributed by atoms with Crippen LogP contribution in [-0.4, -0.2) is 29.0 Å². The van der Waals surface area contributed by atoms with Crippen LogP contribution in [0.5, 0.6) is 0 Å². The maximum absolute atomic E-state index is 12.3. The molecule has 1 aromatic carbocycles. The number of nitrogens with one attached hydrogen (secondary N) is 1. The minimum Gasteiger partial charge on any atom is -0.341 e. The maximum atomic E-state index is 12.3. The molecule has 24 heavy (non-hydrogen) atoms. The quantitative estimate of drug-likeness (QED) is 0.773. The summed E-state index contributed by atoms with van der Waals surface area (Å²) in [5, 5.41) is 3.46. The first-order valence-electron chi connectivity index (χ1n) is 7.89. The molecule has 2 rings (SSSR count). The molecule has 128 valence electrons. The maximum Gasteiger partial charge on any atom is 0.258 e. The molecule has 7 heteroatoms. The van der Waals surface area contributed by atoms with Crippen LogP contribution in [0.2, 0.25) is 10.0 Å². The van der Waals surface area contributed by atoms with E-state index in [4.69, 9.17) is 23.2 Å². The van der Waals surface area contributed by atoms with Crippen molar-refractivity contribution in [2.45, 2.75) is 26.7 Å². The molecule has 0 aliphatic carbocycles. The number of nitrogens with zero attached hydrogens (tertiary/aromatic N) is 3. The van der Waals surface area contributed by atoms with Crippen molar-refractivity contribution in [2.24, 2.45) is 0 Å². The van der Waals surface area contributed by atoms with Gasteiger partial charge in [0.1, 0.15) is 0 Å². The Hall–Kier alpha value is -1.85. The number of hydrogen-bond donors (Lipinski definition) is 1. The van der Waals surface area contributed by atoms with Gasteiger partial charge in [0.25, 0.3) is 5.91 Å². The molecular formula is C17H20Cl2N4O. The fourth-order valence-corrected chi connectivity index (χ4v) is 2.75. The summed E-state index contributed by atoms with van der Waals surface area (Å²) in [6.45, 7) is 5.98. The Kier molecular flexibility index (Phi) is 6.82. The molecule has 5 nitrogen and oxygen atoms in total. The average Bonchev–Trinajstić information content (AvgIpc) is 2.58. The van der Waals surface area contributed by atoms with Crippen LogP contribution in [0.25, 0.3) is 0 Å². The monoisotopic (exact) mass is 366 g/mol. The molecule has 0 radical (unpaired) electrons. The van der Waals surface area contributed by atoms with Crippen molar-refractivity contribution >= 4 is 40.7 Å². The van der Waals surface area contributed by atoms with Crippen LogP contribution in [0.15, 0.2) is 30.6 Å². The molecule has 1 heterocycles. The molecule has 1 N–H and O–H groups in total. The third-order valence-electron chi connectivity index (χ3n) is 3.37. The molecule has 0 saturated heterocycles. The van der Waals surface area contributed by atoms with E-state index in [2.05, 4.69) is 34.0 Å². The Balaban J connectivity index is 2.13. The Morgan fingerprint density at radius 1 is 1.08 bits per heavy atom. The number of benzene rings is 1. The van der Waals surface area contributed by atoms with Crippen molar-refractivity contribution in [3.63, 3.8) is 0 Å². The Morgan fingerprint density at radius 2 is 1.62 bits per heavy atom. The largest absolute Gasteiger partial charge is 0.341 e. The number of para-hydroxylation sites is 1. The van der Waals surface area contributed by atoms with Crippen molar-refractivity contribution in [3.05, 3.63) is 46.2 Å². The van der Waals surface area contributed by atoms with E-state index < -0.39 is 0 Å². The smallest absolute Gasteiger partial charge is 0.258 e. The number of anilines is 2. The van der Waals surface area contributed by atoms with E-state index in [1.165, 1.54) is 12.4 Å². The van der Waals surface area contributed by atoms with E-state index in [0.717, 1.165) is 25.9 Å². The highest BCUT2D eigenvalue weighted by atomic mass is 35.5. The van der Waals surface area contributed by atoms with Crippen LogP contribution in [0.3, 0.4) is 0 Å². The molecule has 0 unspecified atom stereocenters. The second-order valence-electron chi connectivity index (χ2n) is 5.31. The van der Waals surface area contributed by atoms with Crippen LogP contribution in [0.4, 0.5) is 11.6 Å². The second kappa shape index (κ2) is 8.85. The number of carbonyl (C=O) groups is 1. The lowest BCUT2D eigenvalue weighted by molar-refractivity contribution is 0.102. The minimum atomic E-state index is -0.353. The number of hydrogen-bond acceptors (Lipinski definition) is 4. The molecule has 0 atom stereocenters. The number of amides is 1. The lowest BCUT2D eigenvalue weighted by atomic mass is 10.2. The SMILES string of the molecule is CCCN(CCC)c1ncc(C(=O)Nc2c(Cl)cccc2Cl)cn1. The highest BCUT2D eigenvalue weighted by Gasteiger charge is 2.14. The first-order chi connectivity index (χ1) is 11.6. The van der Waals surface area contributed by atoms with Gasteiger partial charge in [0.2, 0.25) is 5.95 Å². The number of carbonyl (C=O) groups excluding carboxylic acids is 1. The topological polar surface area (TPSA) is 58.1 Å². The fraction of sp³-hybridized carbons (Fsp3) is 0.353. The first kappa shape index (κ1) is 18.5. The van der Waals surface area contributed by atoms with Crippen molar-refractivity contribution in [2.75, 3.05) is 23.3 Å². The molecule has 0 aliphatic heterocycles. The van der Waals surface area contributed by atoms with E-state index in [-0.39, 0.29) is 5.91 Å². The number of halogens is 2. The predicted molar refractivity (Wildman–Crippen MR) is 99.2 cm³/mol. The highest BCUT2D eigenvalue weighted by Crippen LogP contribution is 2.30. The molecule has 2 aromatic rings. The predicted octanol–water partition coefficient (Wildman–Crippen LogP) is 4.66. The van der Waals surface area contributed by atoms with E-state index in [1.807, 2.05) is 0 Å². The lowest BCUT2D eigenvalue weighted by Gasteiger charge is -2.21. The molecule has 0 spiro atoms. The van der Waals surface area contributed by atoms with Gasteiger partial charge in [0, 0.05) is 25.5 Å². The fourth-order valence-electron chi connectivity index (χ4n) is 2.26. The summed E-state index contributed by atoms with van der Waals surface area (Å²) in [6, 6.07) is 5.04. The molecule has 1 aromatic heterocycles. The van der Waals surface area contributed by atoms with Crippen molar-refractivity contribution in [1.29, 1.82) is 0 Å². The van der Waals surface area contributed by atoms with Gasteiger partial charge in [-0.15, -0.1) is 0 Å². The standard InChI is InChI=1S/C17H20Cl2N4O/c1-3-8-23(9-4-2)17-20-10-12(11-21-17)16(24)22-15-13(18)6-5-7-14(15)19/h5-7,10-11H,3-4,8-9H2,1-2H3,(H,22,24). The van der Waals surface area contributed by atoms with Crippen molar-refractivity contribution in [1.82, 2.24) is 9.97 Å². The average molecular weight is 367 g/mol. The van der Waals surface area contributed by atoms with E-state index in [1.54, 1.807) is 18.2 Å². The Labute approximate surface area is 152 Å². The van der Waals surface area contributed by atoms with Crippen LogP contribution in [0.1, 0.15) is 37.0 Å². The molecule has 0 fully saturated rings. The second-order valence-corrected chi connectivity index (χ2v) is 6.12. The zero-order chi connectivity index (χ0) is 17.5. The van der Waals surface area contributed by atoms with Crippen molar-refractivity contribution < 1.29 is 4.79 Å². The van der Waals surface area contributed by atoms with Gasteiger partial charge in [-0.1, -0.05) is 43.1 Å². The van der Waals surface area contributed by atoms with Gasteiger partial charge in [-0.2, -0.15) is 0 Å². The van der Waals surface area contributed by atoms with Gasteiger partial charge in [-0.3, -0.25) is 4.79 Å². The first-order valence-corrected chi connectivity index (χ1v) is 8.64. The summed E-state index contributed by atoms with van der Waals surface area (Å²) < 4.78 is 0. The summed E-state index contributed by atoms with van der Waals surface area (Å²) in [5.41, 5.74) is 0.733. The highest BCUT2D eigenvalue weighted by molar-refractivity contribution is 6.40. The van der Waals surface area contributed by atoms with Gasteiger partial charge in [0.15, 0.2) is 0 Å². The van der Waals surface area contributed by atoms with Crippen LogP contribution < -0.4 is 10.2 Å². The van der Waals surface area contributed by atoms with Crippen LogP contribution >= 0.6 is 23.2 Å². The summed E-state index contributed by atoms with van der Waals surface area (Å²) in [7, 11) is 0. The number of rotatable bonds is 7. The summed E-state index contributed by atoms with van der Waals surface area (Å²) in [6.07, 6.45) is 5.05. The normalized spacial score (nSPS) is 10.5. The molecule has 0 saturated carbocycles. The van der Waals surface area contributed by atoms with Gasteiger partial charge >= 0.3 is 0 Å². The molecule has 0 aliphatic rings. The molecule has 0 bridgehead atoms. The van der Waals surface area contributed by atoms with Gasteiger partial charge in [-0.05, 0) is 25.0 Å². The zero-order valence-electron chi connectivity index (χ0n) is 13.7. The Bertz CT molecular complexity index is 665. The summed E-state index contributed by atoms with van der Waals surface area (Å²) in [4.78, 5) is 23.1. The van der Waals surface area contributed by atoms with E-state index >= 15 is 0 Å². The van der Waals surface area contributed by atoms with Gasteiger partial charge in [0.05, 0.1) is 21.3 Å². The van der Waals surface area contributed by atoms with E-state index in [0.29, 0.717) is 27.2 Å². The van der Waals surface area contributed by atoms with Crippen molar-refractivity contribution in [3.8, 4) is 0 Å². The minimum absolute atomic E-state index is 0.350.